The number of rotatable bonds is 3. The van der Waals surface area contributed by atoms with Crippen LogP contribution in [0.15, 0.2) is 18.2 Å². The Morgan fingerprint density at radius 3 is 2.86 bits per heavy atom. The molecule has 0 bridgehead atoms. The number of ether oxygens (including phenoxy) is 2. The Bertz CT molecular complexity index is 303. The van der Waals surface area contributed by atoms with Gasteiger partial charge in [-0.1, -0.05) is 0 Å². The number of hydrogen-bond acceptors (Lipinski definition) is 4. The fourth-order valence-corrected chi connectivity index (χ4v) is 1.21. The van der Waals surface area contributed by atoms with Gasteiger partial charge in [0.2, 0.25) is 6.79 Å². The normalized spacial score (nSPS) is 12.1. The standard InChI is InChI=1S/C9H11NO3.H2O/c11-4-3-10-7-1-2-8-9(5-7)13-6-12-8;/h1-2,5,10-11H,3-4,6H2;1H2. The highest BCUT2D eigenvalue weighted by atomic mass is 16.7. The van der Waals surface area contributed by atoms with E-state index in [0.29, 0.717) is 13.3 Å². The second-order valence-corrected chi connectivity index (χ2v) is 2.72. The van der Waals surface area contributed by atoms with E-state index in [4.69, 9.17) is 14.6 Å². The van der Waals surface area contributed by atoms with E-state index in [0.717, 1.165) is 17.2 Å². The molecule has 0 aromatic heterocycles. The molecule has 1 heterocycles. The Hall–Kier alpha value is -1.46. The summed E-state index contributed by atoms with van der Waals surface area (Å²) in [5.41, 5.74) is 0.929. The van der Waals surface area contributed by atoms with Crippen LogP contribution in [0.2, 0.25) is 0 Å². The summed E-state index contributed by atoms with van der Waals surface area (Å²) in [5.74, 6) is 1.53. The first-order chi connectivity index (χ1) is 6.40. The molecule has 5 nitrogen and oxygen atoms in total. The zero-order valence-electron chi connectivity index (χ0n) is 7.62. The summed E-state index contributed by atoms with van der Waals surface area (Å²) in [6.07, 6.45) is 0. The fourth-order valence-electron chi connectivity index (χ4n) is 1.21. The van der Waals surface area contributed by atoms with Crippen molar-refractivity contribution in [1.29, 1.82) is 0 Å². The summed E-state index contributed by atoms with van der Waals surface area (Å²) in [6.45, 7) is 0.951. The molecule has 1 aliphatic heterocycles. The van der Waals surface area contributed by atoms with Crippen LogP contribution >= 0.6 is 0 Å². The van der Waals surface area contributed by atoms with Gasteiger partial charge in [0.1, 0.15) is 0 Å². The van der Waals surface area contributed by atoms with Gasteiger partial charge in [-0.2, -0.15) is 0 Å². The number of anilines is 1. The summed E-state index contributed by atoms with van der Waals surface area (Å²) in [7, 11) is 0. The van der Waals surface area contributed by atoms with Gasteiger partial charge in [0, 0.05) is 18.3 Å². The van der Waals surface area contributed by atoms with E-state index in [2.05, 4.69) is 5.32 Å². The molecule has 0 saturated heterocycles. The van der Waals surface area contributed by atoms with Gasteiger partial charge in [0.15, 0.2) is 11.5 Å². The smallest absolute Gasteiger partial charge is 0.231 e. The van der Waals surface area contributed by atoms with E-state index < -0.39 is 0 Å². The lowest BCUT2D eigenvalue weighted by molar-refractivity contribution is 0.174. The predicted molar refractivity (Wildman–Crippen MR) is 51.8 cm³/mol. The van der Waals surface area contributed by atoms with Gasteiger partial charge in [0.05, 0.1) is 6.61 Å². The van der Waals surface area contributed by atoms with Gasteiger partial charge < -0.3 is 25.4 Å². The summed E-state index contributed by atoms with van der Waals surface area (Å²) < 4.78 is 10.4. The minimum Gasteiger partial charge on any atom is -0.454 e. The third kappa shape index (κ3) is 2.07. The predicted octanol–water partition coefficient (Wildman–Crippen LogP) is -0.00520. The number of fused-ring (bicyclic) bond motifs is 1. The Labute approximate surface area is 81.6 Å². The average molecular weight is 199 g/mol. The molecule has 0 amide bonds. The summed E-state index contributed by atoms with van der Waals surface area (Å²) in [6, 6.07) is 5.60. The highest BCUT2D eigenvalue weighted by Crippen LogP contribution is 2.33. The van der Waals surface area contributed by atoms with Crippen LogP contribution in [0.4, 0.5) is 5.69 Å². The Morgan fingerprint density at radius 1 is 1.29 bits per heavy atom. The molecule has 14 heavy (non-hydrogen) atoms. The molecule has 1 aromatic rings. The number of aliphatic hydroxyl groups is 1. The van der Waals surface area contributed by atoms with E-state index in [1.54, 1.807) is 0 Å². The maximum Gasteiger partial charge on any atom is 0.231 e. The maximum atomic E-state index is 8.60. The topological polar surface area (TPSA) is 82.2 Å². The first kappa shape index (κ1) is 10.6. The Kier molecular flexibility index (Phi) is 3.55. The third-order valence-electron chi connectivity index (χ3n) is 1.81. The molecule has 0 fully saturated rings. The van der Waals surface area contributed by atoms with Crippen LogP contribution in [0.5, 0.6) is 11.5 Å². The summed E-state index contributed by atoms with van der Waals surface area (Å²) in [5, 5.41) is 11.6. The molecular weight excluding hydrogens is 186 g/mol. The van der Waals surface area contributed by atoms with E-state index >= 15 is 0 Å². The second-order valence-electron chi connectivity index (χ2n) is 2.72. The minimum atomic E-state index is 0. The van der Waals surface area contributed by atoms with Crippen molar-refractivity contribution in [1.82, 2.24) is 0 Å². The van der Waals surface area contributed by atoms with Gasteiger partial charge >= 0.3 is 0 Å². The van der Waals surface area contributed by atoms with E-state index in [1.165, 1.54) is 0 Å². The highest BCUT2D eigenvalue weighted by Gasteiger charge is 2.12. The molecule has 4 N–H and O–H groups in total. The Morgan fingerprint density at radius 2 is 2.07 bits per heavy atom. The molecule has 1 aliphatic rings. The van der Waals surface area contributed by atoms with Crippen molar-refractivity contribution in [2.24, 2.45) is 0 Å². The highest BCUT2D eigenvalue weighted by molar-refractivity contribution is 5.55. The number of aliphatic hydroxyl groups excluding tert-OH is 1. The monoisotopic (exact) mass is 199 g/mol. The lowest BCUT2D eigenvalue weighted by Gasteiger charge is -2.04. The SMILES string of the molecule is O.OCCNc1ccc2c(c1)OCO2. The van der Waals surface area contributed by atoms with Crippen LogP contribution in [0.3, 0.4) is 0 Å². The van der Waals surface area contributed by atoms with Crippen LogP contribution in [0, 0.1) is 0 Å². The van der Waals surface area contributed by atoms with Gasteiger partial charge in [-0.05, 0) is 12.1 Å². The van der Waals surface area contributed by atoms with Crippen molar-refractivity contribution >= 4 is 5.69 Å². The van der Waals surface area contributed by atoms with Crippen LogP contribution in [-0.4, -0.2) is 30.5 Å². The van der Waals surface area contributed by atoms with Gasteiger partial charge in [-0.25, -0.2) is 0 Å². The third-order valence-corrected chi connectivity index (χ3v) is 1.81. The van der Waals surface area contributed by atoms with Crippen molar-refractivity contribution in [2.75, 3.05) is 25.3 Å². The maximum absolute atomic E-state index is 8.60. The van der Waals surface area contributed by atoms with E-state index in [-0.39, 0.29) is 12.1 Å². The molecular formula is C9H13NO4. The molecule has 0 atom stereocenters. The summed E-state index contributed by atoms with van der Waals surface area (Å²) >= 11 is 0. The molecule has 0 aliphatic carbocycles. The molecule has 0 radical (unpaired) electrons. The van der Waals surface area contributed by atoms with Crippen molar-refractivity contribution in [3.05, 3.63) is 18.2 Å². The number of nitrogens with one attached hydrogen (secondary N) is 1. The van der Waals surface area contributed by atoms with Gasteiger partial charge in [-0.15, -0.1) is 0 Å². The van der Waals surface area contributed by atoms with Gasteiger partial charge in [0.25, 0.3) is 0 Å². The lowest BCUT2D eigenvalue weighted by atomic mass is 10.3. The van der Waals surface area contributed by atoms with Crippen molar-refractivity contribution in [2.45, 2.75) is 0 Å². The fraction of sp³-hybridized carbons (Fsp3) is 0.333. The van der Waals surface area contributed by atoms with Crippen LogP contribution in [0.1, 0.15) is 0 Å². The summed E-state index contributed by atoms with van der Waals surface area (Å²) in [4.78, 5) is 0. The molecule has 0 saturated carbocycles. The van der Waals surface area contributed by atoms with Crippen molar-refractivity contribution < 1.29 is 20.1 Å². The Balaban J connectivity index is 0.000000980. The molecule has 5 heteroatoms. The van der Waals surface area contributed by atoms with Crippen LogP contribution < -0.4 is 14.8 Å². The van der Waals surface area contributed by atoms with Crippen LogP contribution in [-0.2, 0) is 0 Å². The first-order valence-corrected chi connectivity index (χ1v) is 4.14. The zero-order chi connectivity index (χ0) is 9.10. The van der Waals surface area contributed by atoms with Gasteiger partial charge in [-0.3, -0.25) is 0 Å². The van der Waals surface area contributed by atoms with Crippen molar-refractivity contribution in [3.8, 4) is 11.5 Å². The second kappa shape index (κ2) is 4.69. The number of hydrogen-bond donors (Lipinski definition) is 2. The van der Waals surface area contributed by atoms with Crippen molar-refractivity contribution in [3.63, 3.8) is 0 Å². The quantitative estimate of drug-likeness (QED) is 0.717. The lowest BCUT2D eigenvalue weighted by Crippen LogP contribution is -2.04. The van der Waals surface area contributed by atoms with Crippen LogP contribution in [0.25, 0.3) is 0 Å². The molecule has 0 spiro atoms. The average Bonchev–Trinajstić information content (AvgIpc) is 2.61. The molecule has 2 rings (SSSR count). The number of benzene rings is 1. The van der Waals surface area contributed by atoms with E-state index in [1.807, 2.05) is 18.2 Å². The largest absolute Gasteiger partial charge is 0.454 e. The molecule has 0 unspecified atom stereocenters. The molecule has 78 valence electrons. The zero-order valence-corrected chi connectivity index (χ0v) is 7.62. The molecule has 1 aromatic carbocycles. The first-order valence-electron chi connectivity index (χ1n) is 4.14. The minimum absolute atomic E-state index is 0. The van der Waals surface area contributed by atoms with E-state index in [9.17, 15) is 0 Å².